The van der Waals surface area contributed by atoms with Crippen molar-refractivity contribution in [1.29, 1.82) is 5.26 Å². The molecule has 1 aromatic heterocycles. The van der Waals surface area contributed by atoms with E-state index in [4.69, 9.17) is 10.7 Å². The molecule has 0 radical (unpaired) electrons. The van der Waals surface area contributed by atoms with Gasteiger partial charge in [-0.15, -0.1) is 0 Å². The second-order valence-electron chi connectivity index (χ2n) is 1.72. The Hall–Kier alpha value is -1.36. The fraction of sp³-hybridized carbons (Fsp3) is 0.250. The Bertz CT molecular complexity index is 397. The molecule has 0 aromatic carbocycles. The minimum absolute atomic E-state index is 0.162. The molecule has 0 bridgehead atoms. The van der Waals surface area contributed by atoms with Crippen LogP contribution in [0.25, 0.3) is 0 Å². The van der Waals surface area contributed by atoms with Crippen LogP contribution >= 0.6 is 0 Å². The lowest BCUT2D eigenvalue weighted by Crippen LogP contribution is -1.82. The molecule has 1 heterocycles. The minimum atomic E-state index is -0.360. The van der Waals surface area contributed by atoms with Gasteiger partial charge < -0.3 is 0 Å². The van der Waals surface area contributed by atoms with Crippen molar-refractivity contribution in [2.45, 2.75) is 12.8 Å². The Balaban J connectivity index is 3.17. The Labute approximate surface area is 65.8 Å². The van der Waals surface area contributed by atoms with Gasteiger partial charge in [-0.25, -0.2) is 0 Å². The predicted molar refractivity (Wildman–Crippen MR) is 38.2 cm³/mol. The van der Waals surface area contributed by atoms with Gasteiger partial charge in [0.05, 0.1) is 11.6 Å². The van der Waals surface area contributed by atoms with Gasteiger partial charge in [0.2, 0.25) is 0 Å². The highest BCUT2D eigenvalue weighted by atomic mass is 14.6. The molecule has 1 aromatic rings. The van der Waals surface area contributed by atoms with E-state index in [1.807, 2.05) is 6.07 Å². The molecule has 0 unspecified atom stereocenters. The summed E-state index contributed by atoms with van der Waals surface area (Å²) in [7, 11) is 0. The van der Waals surface area contributed by atoms with Crippen LogP contribution in [0.5, 0.6) is 0 Å². The average Bonchev–Trinajstić information content (AvgIpc) is 2.14. The Morgan fingerprint density at radius 3 is 3.50 bits per heavy atom. The summed E-state index contributed by atoms with van der Waals surface area (Å²) in [5.41, 5.74) is 0.271. The van der Waals surface area contributed by atoms with Crippen LogP contribution in [-0.4, -0.2) is 4.98 Å². The molecule has 0 amide bonds. The maximum Gasteiger partial charge on any atom is 0.0843 e. The van der Waals surface area contributed by atoms with Gasteiger partial charge in [0.25, 0.3) is 0 Å². The highest BCUT2D eigenvalue weighted by Crippen LogP contribution is 1.98. The zero-order valence-electron chi connectivity index (χ0n) is 9.31. The second-order valence-corrected chi connectivity index (χ2v) is 1.72. The normalized spacial score (nSPS) is 14.3. The average molecular weight is 136 g/mol. The Kier molecular flexibility index (Phi) is 1.14. The summed E-state index contributed by atoms with van der Waals surface area (Å²) in [4.78, 5) is 3.50. The van der Waals surface area contributed by atoms with Gasteiger partial charge in [-0.2, -0.15) is 5.26 Å². The smallest absolute Gasteiger partial charge is 0.0843 e. The van der Waals surface area contributed by atoms with E-state index in [2.05, 4.69) is 4.98 Å². The van der Waals surface area contributed by atoms with Crippen molar-refractivity contribution >= 4 is 0 Å². The molecule has 0 aliphatic heterocycles. The summed E-state index contributed by atoms with van der Waals surface area (Å²) in [5.74, 6) is 0. The summed E-state index contributed by atoms with van der Waals surface area (Å²) >= 11 is 0. The zero-order chi connectivity index (χ0) is 10.7. The Morgan fingerprint density at radius 1 is 1.80 bits per heavy atom. The summed E-state index contributed by atoms with van der Waals surface area (Å²) in [6, 6.07) is 1.46. The fourth-order valence-electron chi connectivity index (χ4n) is 0.554. The van der Waals surface area contributed by atoms with E-state index in [1.165, 1.54) is 0 Å². The standard InChI is InChI=1S/C8H8N2/c9-5-1-3-8-4-2-6-10-7-8/h2,4,6-7H,1,3H2/i2D,4D,6D,7D. The summed E-state index contributed by atoms with van der Waals surface area (Å²) in [6.45, 7) is 0. The predicted octanol–water partition coefficient (Wildman–Crippen LogP) is 1.54. The largest absolute Gasteiger partial charge is 0.264 e. The molecule has 0 N–H and O–H groups in total. The SMILES string of the molecule is [2H]c1nc([2H])c(CCC#N)c([2H])c1[2H]. The minimum Gasteiger partial charge on any atom is -0.264 e. The van der Waals surface area contributed by atoms with Crippen molar-refractivity contribution in [3.05, 3.63) is 30.0 Å². The third kappa shape index (κ3) is 1.87. The number of nitrogens with zero attached hydrogens (tertiary/aromatic N) is 2. The molecule has 0 aliphatic carbocycles. The van der Waals surface area contributed by atoms with Crippen molar-refractivity contribution in [1.82, 2.24) is 4.98 Å². The highest BCUT2D eigenvalue weighted by molar-refractivity contribution is 5.09. The first-order valence-electron chi connectivity index (χ1n) is 4.88. The molecule has 0 fully saturated rings. The van der Waals surface area contributed by atoms with Crippen LogP contribution in [0.3, 0.4) is 0 Å². The molecule has 1 rings (SSSR count). The summed E-state index contributed by atoms with van der Waals surface area (Å²) in [6.07, 6.45) is -0.101. The van der Waals surface area contributed by atoms with Crippen LogP contribution in [-0.2, 0) is 6.42 Å². The van der Waals surface area contributed by atoms with Crippen LogP contribution in [0.4, 0.5) is 0 Å². The number of hydrogen-bond acceptors (Lipinski definition) is 2. The Morgan fingerprint density at radius 2 is 2.70 bits per heavy atom. The van der Waals surface area contributed by atoms with Crippen LogP contribution < -0.4 is 0 Å². The molecule has 0 spiro atoms. The summed E-state index contributed by atoms with van der Waals surface area (Å²) < 4.78 is 29.3. The first-order chi connectivity index (χ1) is 6.57. The molecule has 0 saturated heterocycles. The van der Waals surface area contributed by atoms with Crippen LogP contribution in [0.15, 0.2) is 24.4 Å². The van der Waals surface area contributed by atoms with Gasteiger partial charge in [0.15, 0.2) is 0 Å². The summed E-state index contributed by atoms with van der Waals surface area (Å²) in [5, 5.41) is 8.36. The van der Waals surface area contributed by atoms with E-state index in [9.17, 15) is 0 Å². The number of aromatic nitrogens is 1. The molecule has 50 valence electrons. The van der Waals surface area contributed by atoms with Crippen LogP contribution in [0.1, 0.15) is 17.5 Å². The lowest BCUT2D eigenvalue weighted by molar-refractivity contribution is 0.996. The topological polar surface area (TPSA) is 36.7 Å². The molecular formula is C8H8N2. The van der Waals surface area contributed by atoms with Crippen molar-refractivity contribution < 1.29 is 5.48 Å². The zero-order valence-corrected chi connectivity index (χ0v) is 5.31. The lowest BCUT2D eigenvalue weighted by atomic mass is 10.2. The van der Waals surface area contributed by atoms with Crippen LogP contribution in [0, 0.1) is 11.3 Å². The maximum absolute atomic E-state index is 8.36. The van der Waals surface area contributed by atoms with E-state index < -0.39 is 0 Å². The highest BCUT2D eigenvalue weighted by Gasteiger charge is 1.88. The van der Waals surface area contributed by atoms with Crippen molar-refractivity contribution in [2.24, 2.45) is 0 Å². The van der Waals surface area contributed by atoms with Gasteiger partial charge >= 0.3 is 0 Å². The number of nitriles is 1. The van der Waals surface area contributed by atoms with Gasteiger partial charge in [-0.3, -0.25) is 4.98 Å². The van der Waals surface area contributed by atoms with E-state index >= 15 is 0 Å². The third-order valence-electron chi connectivity index (χ3n) is 1.00. The lowest BCUT2D eigenvalue weighted by Gasteiger charge is -1.91. The third-order valence-corrected chi connectivity index (χ3v) is 1.00. The van der Waals surface area contributed by atoms with E-state index in [0.29, 0.717) is 0 Å². The number of pyridine rings is 1. The van der Waals surface area contributed by atoms with Crippen molar-refractivity contribution in [2.75, 3.05) is 0 Å². The molecule has 10 heavy (non-hydrogen) atoms. The molecular weight excluding hydrogens is 124 g/mol. The second kappa shape index (κ2) is 3.62. The number of hydrogen-bond donors (Lipinski definition) is 0. The fourth-order valence-corrected chi connectivity index (χ4v) is 0.554. The molecule has 0 saturated carbocycles. The van der Waals surface area contributed by atoms with E-state index in [1.54, 1.807) is 0 Å². The molecule has 0 aliphatic rings. The van der Waals surface area contributed by atoms with Crippen LogP contribution in [0.2, 0.25) is 0 Å². The molecule has 2 nitrogen and oxygen atoms in total. The first-order valence-corrected chi connectivity index (χ1v) is 2.88. The number of rotatable bonds is 2. The van der Waals surface area contributed by atoms with Gasteiger partial charge in [-0.1, -0.05) is 6.04 Å². The van der Waals surface area contributed by atoms with E-state index in [0.717, 1.165) is 0 Å². The maximum atomic E-state index is 8.36. The van der Waals surface area contributed by atoms with Gasteiger partial charge in [0.1, 0.15) is 0 Å². The quantitative estimate of drug-likeness (QED) is 0.618. The van der Waals surface area contributed by atoms with Crippen molar-refractivity contribution in [3.63, 3.8) is 0 Å². The van der Waals surface area contributed by atoms with Crippen molar-refractivity contribution in [3.8, 4) is 6.07 Å². The van der Waals surface area contributed by atoms with E-state index in [-0.39, 0.29) is 42.8 Å². The molecule has 0 atom stereocenters. The van der Waals surface area contributed by atoms with Gasteiger partial charge in [0, 0.05) is 18.8 Å². The monoisotopic (exact) mass is 136 g/mol. The van der Waals surface area contributed by atoms with Gasteiger partial charge in [-0.05, 0) is 18.0 Å². The molecule has 2 heteroatoms. The first kappa shape index (κ1) is 3.16.